The van der Waals surface area contributed by atoms with Crippen LogP contribution in [0, 0.1) is 11.8 Å². The number of methoxy groups -OCH3 is 1. The van der Waals surface area contributed by atoms with Crippen molar-refractivity contribution in [1.29, 1.82) is 0 Å². The summed E-state index contributed by atoms with van der Waals surface area (Å²) in [5, 5.41) is 0. The van der Waals surface area contributed by atoms with Crippen LogP contribution in [0.2, 0.25) is 0 Å². The van der Waals surface area contributed by atoms with Crippen LogP contribution in [0.4, 0.5) is 5.95 Å². The van der Waals surface area contributed by atoms with Gasteiger partial charge in [0.25, 0.3) is 5.56 Å². The van der Waals surface area contributed by atoms with E-state index in [4.69, 9.17) is 15.2 Å². The van der Waals surface area contributed by atoms with Gasteiger partial charge in [-0.25, -0.2) is 9.36 Å². The number of piperidine rings is 1. The Morgan fingerprint density at radius 1 is 1.28 bits per heavy atom. The van der Waals surface area contributed by atoms with Gasteiger partial charge in [-0.05, 0) is 37.5 Å². The largest absolute Gasteiger partial charge is 0.497 e. The minimum Gasteiger partial charge on any atom is -0.497 e. The second kappa shape index (κ2) is 10.7. The highest BCUT2D eigenvalue weighted by Crippen LogP contribution is 2.22. The molecule has 3 heterocycles. The van der Waals surface area contributed by atoms with Crippen LogP contribution < -0.4 is 26.6 Å². The van der Waals surface area contributed by atoms with Crippen molar-refractivity contribution in [2.75, 3.05) is 25.1 Å². The van der Waals surface area contributed by atoms with Gasteiger partial charge in [0, 0.05) is 26.2 Å². The van der Waals surface area contributed by atoms with Crippen molar-refractivity contribution in [3.63, 3.8) is 0 Å². The van der Waals surface area contributed by atoms with Gasteiger partial charge in [-0.1, -0.05) is 18.1 Å². The number of hydrogen-bond donors (Lipinski definition) is 1. The summed E-state index contributed by atoms with van der Waals surface area (Å²) in [5.74, 6) is 6.28. The van der Waals surface area contributed by atoms with Gasteiger partial charge in [-0.3, -0.25) is 18.7 Å². The van der Waals surface area contributed by atoms with E-state index in [1.165, 1.54) is 11.6 Å². The smallest absolute Gasteiger partial charge is 0.333 e. The van der Waals surface area contributed by atoms with Crippen LogP contribution in [-0.4, -0.2) is 50.9 Å². The molecule has 4 rings (SSSR count). The maximum atomic E-state index is 13.5. The van der Waals surface area contributed by atoms with Crippen LogP contribution in [0.15, 0.2) is 33.9 Å². The molecule has 2 N–H and O–H groups in total. The average Bonchev–Trinajstić information content (AvgIpc) is 3.27. The van der Waals surface area contributed by atoms with E-state index < -0.39 is 23.8 Å². The molecule has 2 aromatic heterocycles. The first kappa shape index (κ1) is 25.1. The number of rotatable bonds is 7. The summed E-state index contributed by atoms with van der Waals surface area (Å²) in [6, 6.07) is 7.08. The standard InChI is InChI=1S/C25H30N6O5/c1-4-5-12-30-21-22(27-24(30)29-11-7-9-18(26)14-29)28(2)25(34)31(23(21)33)15-20(32)36-16-17-8-6-10-19(13-17)35-3/h6,8,10,13,18H,7,9,11-12,14-16,26H2,1-3H3/t18-/m1/s1. The molecule has 1 atom stereocenters. The van der Waals surface area contributed by atoms with Crippen LogP contribution in [0.1, 0.15) is 25.3 Å². The zero-order valence-corrected chi connectivity index (χ0v) is 20.7. The lowest BCUT2D eigenvalue weighted by molar-refractivity contribution is -0.145. The molecule has 3 aromatic rings. The number of imidazole rings is 1. The molecule has 1 saturated heterocycles. The number of nitrogens with zero attached hydrogens (tertiary/aromatic N) is 5. The Balaban J connectivity index is 1.69. The maximum absolute atomic E-state index is 13.5. The first-order chi connectivity index (χ1) is 17.3. The van der Waals surface area contributed by atoms with Crippen molar-refractivity contribution in [1.82, 2.24) is 18.7 Å². The van der Waals surface area contributed by atoms with Gasteiger partial charge < -0.3 is 20.1 Å². The highest BCUT2D eigenvalue weighted by atomic mass is 16.5. The number of nitrogens with two attached hydrogens (primary N) is 1. The number of aryl methyl sites for hydroxylation is 1. The van der Waals surface area contributed by atoms with E-state index in [-0.39, 0.29) is 30.4 Å². The number of fused-ring (bicyclic) bond motifs is 1. The van der Waals surface area contributed by atoms with Crippen molar-refractivity contribution in [2.24, 2.45) is 12.8 Å². The number of anilines is 1. The zero-order valence-electron chi connectivity index (χ0n) is 20.7. The molecule has 36 heavy (non-hydrogen) atoms. The molecule has 1 aromatic carbocycles. The minimum absolute atomic E-state index is 0.0101. The van der Waals surface area contributed by atoms with Gasteiger partial charge in [0.1, 0.15) is 18.9 Å². The quantitative estimate of drug-likeness (QED) is 0.374. The summed E-state index contributed by atoms with van der Waals surface area (Å²) in [6.45, 7) is 2.69. The lowest BCUT2D eigenvalue weighted by Gasteiger charge is -2.31. The van der Waals surface area contributed by atoms with E-state index in [0.29, 0.717) is 18.2 Å². The second-order valence-corrected chi connectivity index (χ2v) is 8.69. The molecule has 0 amide bonds. The molecule has 190 valence electrons. The lowest BCUT2D eigenvalue weighted by Crippen LogP contribution is -2.44. The van der Waals surface area contributed by atoms with Gasteiger partial charge in [0.05, 0.1) is 13.7 Å². The average molecular weight is 495 g/mol. The van der Waals surface area contributed by atoms with Crippen LogP contribution >= 0.6 is 0 Å². The summed E-state index contributed by atoms with van der Waals surface area (Å²) >= 11 is 0. The number of esters is 1. The fourth-order valence-electron chi connectivity index (χ4n) is 4.34. The first-order valence-corrected chi connectivity index (χ1v) is 11.7. The maximum Gasteiger partial charge on any atom is 0.333 e. The van der Waals surface area contributed by atoms with Crippen LogP contribution in [0.25, 0.3) is 11.2 Å². The van der Waals surface area contributed by atoms with Gasteiger partial charge in [0.15, 0.2) is 11.2 Å². The number of hydrogen-bond acceptors (Lipinski definition) is 8. The molecule has 0 saturated carbocycles. The van der Waals surface area contributed by atoms with Crippen molar-refractivity contribution < 1.29 is 14.3 Å². The van der Waals surface area contributed by atoms with Crippen LogP contribution in [0.3, 0.4) is 0 Å². The van der Waals surface area contributed by atoms with Gasteiger partial charge in [-0.15, -0.1) is 5.92 Å². The fraction of sp³-hybridized carbons (Fsp3) is 0.440. The summed E-state index contributed by atoms with van der Waals surface area (Å²) in [5.41, 5.74) is 6.05. The Hall–Kier alpha value is -4.04. The molecular formula is C25H30N6O5. The molecular weight excluding hydrogens is 464 g/mol. The Kier molecular flexibility index (Phi) is 7.45. The summed E-state index contributed by atoms with van der Waals surface area (Å²) in [4.78, 5) is 45.8. The number of benzene rings is 1. The monoisotopic (exact) mass is 494 g/mol. The van der Waals surface area contributed by atoms with Gasteiger partial charge in [0.2, 0.25) is 5.95 Å². The van der Waals surface area contributed by atoms with E-state index in [0.717, 1.165) is 29.5 Å². The Labute approximate surface area is 208 Å². The van der Waals surface area contributed by atoms with Gasteiger partial charge >= 0.3 is 11.7 Å². The number of aromatic nitrogens is 4. The Morgan fingerprint density at radius 3 is 2.81 bits per heavy atom. The molecule has 11 heteroatoms. The number of ether oxygens (including phenoxy) is 2. The molecule has 0 bridgehead atoms. The summed E-state index contributed by atoms with van der Waals surface area (Å²) < 4.78 is 14.4. The first-order valence-electron chi connectivity index (χ1n) is 11.7. The third kappa shape index (κ3) is 4.99. The molecule has 0 aliphatic carbocycles. The predicted molar refractivity (Wildman–Crippen MR) is 135 cm³/mol. The van der Waals surface area contributed by atoms with Crippen molar-refractivity contribution >= 4 is 23.1 Å². The predicted octanol–water partition coefficient (Wildman–Crippen LogP) is 0.600. The van der Waals surface area contributed by atoms with E-state index in [2.05, 4.69) is 16.8 Å². The molecule has 1 aliphatic rings. The molecule has 11 nitrogen and oxygen atoms in total. The third-order valence-corrected chi connectivity index (χ3v) is 6.19. The van der Waals surface area contributed by atoms with Crippen LogP contribution in [-0.2, 0) is 36.3 Å². The van der Waals surface area contributed by atoms with Gasteiger partial charge in [-0.2, -0.15) is 4.98 Å². The summed E-state index contributed by atoms with van der Waals surface area (Å²) in [6.07, 6.45) is 1.81. The Bertz CT molecular complexity index is 1460. The number of carbonyl (C=O) groups excluding carboxylic acids is 1. The molecule has 1 aliphatic heterocycles. The molecule has 0 unspecified atom stereocenters. The van der Waals surface area contributed by atoms with E-state index >= 15 is 0 Å². The normalized spacial score (nSPS) is 15.4. The minimum atomic E-state index is -0.710. The topological polar surface area (TPSA) is 127 Å². The number of carbonyl (C=O) groups is 1. The SMILES string of the molecule is CC#CCn1c(N2CCC[C@@H](N)C2)nc2c1c(=O)n(CC(=O)OCc1cccc(OC)c1)c(=O)n2C. The molecule has 1 fully saturated rings. The second-order valence-electron chi connectivity index (χ2n) is 8.69. The highest BCUT2D eigenvalue weighted by molar-refractivity contribution is 5.76. The molecule has 0 radical (unpaired) electrons. The fourth-order valence-corrected chi connectivity index (χ4v) is 4.34. The third-order valence-electron chi connectivity index (χ3n) is 6.19. The van der Waals surface area contributed by atoms with E-state index in [1.807, 2.05) is 4.90 Å². The van der Waals surface area contributed by atoms with E-state index in [9.17, 15) is 14.4 Å². The summed E-state index contributed by atoms with van der Waals surface area (Å²) in [7, 11) is 3.07. The lowest BCUT2D eigenvalue weighted by atomic mass is 10.1. The highest BCUT2D eigenvalue weighted by Gasteiger charge is 2.26. The molecule has 0 spiro atoms. The van der Waals surface area contributed by atoms with Crippen molar-refractivity contribution in [3.05, 3.63) is 50.7 Å². The van der Waals surface area contributed by atoms with E-state index in [1.54, 1.807) is 42.9 Å². The Morgan fingerprint density at radius 2 is 2.08 bits per heavy atom. The zero-order chi connectivity index (χ0) is 25.8. The van der Waals surface area contributed by atoms with Crippen LogP contribution in [0.5, 0.6) is 5.75 Å². The van der Waals surface area contributed by atoms with Crippen molar-refractivity contribution in [2.45, 2.75) is 45.5 Å². The van der Waals surface area contributed by atoms with Crippen molar-refractivity contribution in [3.8, 4) is 17.6 Å².